The molecule has 0 saturated carbocycles. The topological polar surface area (TPSA) is 17.8 Å². The van der Waals surface area contributed by atoms with Crippen molar-refractivity contribution in [1.82, 2.24) is 9.55 Å². The van der Waals surface area contributed by atoms with E-state index in [0.717, 1.165) is 12.2 Å². The van der Waals surface area contributed by atoms with Gasteiger partial charge in [0.15, 0.2) is 0 Å². The van der Waals surface area contributed by atoms with Crippen LogP contribution in [0.3, 0.4) is 0 Å². The molecule has 1 heterocycles. The van der Waals surface area contributed by atoms with Crippen molar-refractivity contribution in [3.05, 3.63) is 30.4 Å². The molecule has 0 bridgehead atoms. The molecule has 0 N–H and O–H groups in total. The van der Waals surface area contributed by atoms with Gasteiger partial charge in [0.05, 0.1) is 0 Å². The van der Waals surface area contributed by atoms with E-state index in [4.69, 9.17) is 0 Å². The number of imidazole rings is 1. The van der Waals surface area contributed by atoms with Gasteiger partial charge in [-0.15, -0.1) is 0 Å². The maximum absolute atomic E-state index is 4.16. The highest BCUT2D eigenvalue weighted by atomic mass is 15.0. The molecule has 0 amide bonds. The Labute approximate surface area is 61.2 Å². The van der Waals surface area contributed by atoms with E-state index in [1.54, 1.807) is 0 Å². The van der Waals surface area contributed by atoms with Crippen LogP contribution in [0, 0.1) is 0 Å². The van der Waals surface area contributed by atoms with Gasteiger partial charge in [-0.25, -0.2) is 4.98 Å². The highest BCUT2D eigenvalue weighted by Crippen LogP contribution is 1.95. The molecule has 10 heavy (non-hydrogen) atoms. The Morgan fingerprint density at radius 3 is 3.00 bits per heavy atom. The minimum atomic E-state index is 0.931. The number of aryl methyl sites for hydroxylation is 1. The normalized spacial score (nSPS) is 11.0. The highest BCUT2D eigenvalue weighted by molar-refractivity contribution is 4.97. The minimum absolute atomic E-state index is 0.931. The summed E-state index contributed by atoms with van der Waals surface area (Å²) in [5.74, 6) is 1.11. The molecule has 0 unspecified atom stereocenters. The van der Waals surface area contributed by atoms with Crippen LogP contribution in [0.4, 0.5) is 0 Å². The number of aromatic nitrogens is 2. The summed E-state index contributed by atoms with van der Waals surface area (Å²) >= 11 is 0. The van der Waals surface area contributed by atoms with E-state index in [0.29, 0.717) is 0 Å². The van der Waals surface area contributed by atoms with E-state index in [1.165, 1.54) is 0 Å². The average Bonchev–Trinajstić information content (AvgIpc) is 2.31. The summed E-state index contributed by atoms with van der Waals surface area (Å²) in [6.45, 7) is 2.02. The van der Waals surface area contributed by atoms with Gasteiger partial charge in [-0.2, -0.15) is 0 Å². The molecule has 0 aromatic carbocycles. The average molecular weight is 136 g/mol. The van der Waals surface area contributed by atoms with Crippen molar-refractivity contribution >= 4 is 0 Å². The number of hydrogen-bond acceptors (Lipinski definition) is 1. The molecule has 0 aliphatic heterocycles. The maximum Gasteiger partial charge on any atom is 0.112 e. The molecule has 0 atom stereocenters. The summed E-state index contributed by atoms with van der Waals surface area (Å²) in [4.78, 5) is 4.16. The van der Waals surface area contributed by atoms with Gasteiger partial charge in [0.2, 0.25) is 0 Å². The fraction of sp³-hybridized carbons (Fsp3) is 0.375. The predicted molar refractivity (Wildman–Crippen MR) is 41.7 cm³/mol. The molecule has 0 radical (unpaired) electrons. The summed E-state index contributed by atoms with van der Waals surface area (Å²) < 4.78 is 2.03. The van der Waals surface area contributed by atoms with Crippen molar-refractivity contribution in [2.75, 3.05) is 0 Å². The van der Waals surface area contributed by atoms with Crippen LogP contribution in [0.2, 0.25) is 0 Å². The number of nitrogens with zero attached hydrogens (tertiary/aromatic N) is 2. The summed E-state index contributed by atoms with van der Waals surface area (Å²) in [5, 5.41) is 0. The van der Waals surface area contributed by atoms with Gasteiger partial charge in [-0.3, -0.25) is 0 Å². The molecule has 0 fully saturated rings. The monoisotopic (exact) mass is 136 g/mol. The Bertz CT molecular complexity index is 223. The number of rotatable bonds is 2. The zero-order chi connectivity index (χ0) is 7.40. The fourth-order valence-electron chi connectivity index (χ4n) is 0.816. The first kappa shape index (κ1) is 7.06. The lowest BCUT2D eigenvalue weighted by Gasteiger charge is -1.94. The quantitative estimate of drug-likeness (QED) is 0.564. The lowest BCUT2D eigenvalue weighted by Crippen LogP contribution is -1.94. The first-order chi connectivity index (χ1) is 4.84. The maximum atomic E-state index is 4.16. The van der Waals surface area contributed by atoms with Crippen molar-refractivity contribution in [3.63, 3.8) is 0 Å². The first-order valence-electron chi connectivity index (χ1n) is 3.42. The molecular formula is C8H12N2. The Morgan fingerprint density at radius 2 is 2.50 bits per heavy atom. The zero-order valence-electron chi connectivity index (χ0n) is 6.41. The van der Waals surface area contributed by atoms with Crippen molar-refractivity contribution in [1.29, 1.82) is 0 Å². The number of allylic oxidation sites excluding steroid dienone is 2. The Kier molecular flexibility index (Phi) is 2.26. The summed E-state index contributed by atoms with van der Waals surface area (Å²) in [6, 6.07) is 0. The molecular weight excluding hydrogens is 124 g/mol. The summed E-state index contributed by atoms with van der Waals surface area (Å²) in [7, 11) is 2.01. The van der Waals surface area contributed by atoms with Crippen LogP contribution < -0.4 is 0 Å². The predicted octanol–water partition coefficient (Wildman–Crippen LogP) is 1.54. The van der Waals surface area contributed by atoms with Crippen LogP contribution in [0.25, 0.3) is 0 Å². The van der Waals surface area contributed by atoms with Crippen LogP contribution in [-0.2, 0) is 13.5 Å². The highest BCUT2D eigenvalue weighted by Gasteiger charge is 1.92. The molecule has 2 nitrogen and oxygen atoms in total. The zero-order valence-corrected chi connectivity index (χ0v) is 6.41. The molecule has 1 aromatic rings. The van der Waals surface area contributed by atoms with Gasteiger partial charge >= 0.3 is 0 Å². The molecule has 54 valence electrons. The smallest absolute Gasteiger partial charge is 0.112 e. The molecule has 1 aromatic heterocycles. The fourth-order valence-corrected chi connectivity index (χ4v) is 0.816. The molecule has 2 heteroatoms. The van der Waals surface area contributed by atoms with E-state index in [1.807, 2.05) is 37.0 Å². The van der Waals surface area contributed by atoms with Gasteiger partial charge in [-0.1, -0.05) is 12.2 Å². The SMILES string of the molecule is C/C=C/Cc1nccn1C. The van der Waals surface area contributed by atoms with E-state index < -0.39 is 0 Å². The van der Waals surface area contributed by atoms with E-state index in [9.17, 15) is 0 Å². The second-order valence-corrected chi connectivity index (χ2v) is 2.23. The van der Waals surface area contributed by atoms with Crippen LogP contribution in [0.1, 0.15) is 12.7 Å². The van der Waals surface area contributed by atoms with Crippen molar-refractivity contribution in [3.8, 4) is 0 Å². The second kappa shape index (κ2) is 3.20. The third kappa shape index (κ3) is 1.47. The van der Waals surface area contributed by atoms with Gasteiger partial charge < -0.3 is 4.57 Å². The Balaban J connectivity index is 2.65. The van der Waals surface area contributed by atoms with Crippen LogP contribution in [0.5, 0.6) is 0 Å². The summed E-state index contributed by atoms with van der Waals surface area (Å²) in [6.07, 6.45) is 8.84. The lowest BCUT2D eigenvalue weighted by atomic mass is 10.4. The first-order valence-corrected chi connectivity index (χ1v) is 3.42. The molecule has 0 spiro atoms. The third-order valence-corrected chi connectivity index (χ3v) is 1.46. The van der Waals surface area contributed by atoms with Gasteiger partial charge in [-0.05, 0) is 6.92 Å². The second-order valence-electron chi connectivity index (χ2n) is 2.23. The van der Waals surface area contributed by atoms with E-state index in [2.05, 4.69) is 11.1 Å². The standard InChI is InChI=1S/C8H12N2/c1-3-4-5-8-9-6-7-10(8)2/h3-4,6-7H,5H2,1-2H3/b4-3+. The third-order valence-electron chi connectivity index (χ3n) is 1.46. The van der Waals surface area contributed by atoms with E-state index in [-0.39, 0.29) is 0 Å². The molecule has 1 rings (SSSR count). The Morgan fingerprint density at radius 1 is 1.70 bits per heavy atom. The number of hydrogen-bond donors (Lipinski definition) is 0. The molecule has 0 aliphatic rings. The largest absolute Gasteiger partial charge is 0.338 e. The molecule has 0 aliphatic carbocycles. The van der Waals surface area contributed by atoms with Crippen LogP contribution in [0.15, 0.2) is 24.5 Å². The van der Waals surface area contributed by atoms with Gasteiger partial charge in [0.1, 0.15) is 5.82 Å². The van der Waals surface area contributed by atoms with Gasteiger partial charge in [0.25, 0.3) is 0 Å². The minimum Gasteiger partial charge on any atom is -0.338 e. The molecule has 0 saturated heterocycles. The Hall–Kier alpha value is -1.05. The van der Waals surface area contributed by atoms with Crippen molar-refractivity contribution in [2.24, 2.45) is 7.05 Å². The van der Waals surface area contributed by atoms with Crippen molar-refractivity contribution in [2.45, 2.75) is 13.3 Å². The van der Waals surface area contributed by atoms with Crippen molar-refractivity contribution < 1.29 is 0 Å². The van der Waals surface area contributed by atoms with E-state index >= 15 is 0 Å². The lowest BCUT2D eigenvalue weighted by molar-refractivity contribution is 0.829. The van der Waals surface area contributed by atoms with Gasteiger partial charge in [0, 0.05) is 25.9 Å². The van der Waals surface area contributed by atoms with Crippen LogP contribution in [-0.4, -0.2) is 9.55 Å². The summed E-state index contributed by atoms with van der Waals surface area (Å²) in [5.41, 5.74) is 0. The van der Waals surface area contributed by atoms with Crippen LogP contribution >= 0.6 is 0 Å².